The summed E-state index contributed by atoms with van der Waals surface area (Å²) in [6.45, 7) is 1.90. The quantitative estimate of drug-likeness (QED) is 0.443. The standard InChI is InChI=1S/C5H10N2O2/c1-2-3-4(8)7-5(9)6-3/h3-4,8H,2H2,1H3,(H2,6,7,9). The van der Waals surface area contributed by atoms with Crippen LogP contribution in [0.1, 0.15) is 13.3 Å². The molecule has 1 heterocycles. The van der Waals surface area contributed by atoms with Gasteiger partial charge < -0.3 is 15.7 Å². The molecule has 0 aromatic heterocycles. The molecule has 2 atom stereocenters. The van der Waals surface area contributed by atoms with E-state index in [1.165, 1.54) is 0 Å². The van der Waals surface area contributed by atoms with E-state index in [1.54, 1.807) is 0 Å². The van der Waals surface area contributed by atoms with E-state index >= 15 is 0 Å². The number of hydrogen-bond donors (Lipinski definition) is 3. The second kappa shape index (κ2) is 2.23. The highest BCUT2D eigenvalue weighted by Crippen LogP contribution is 2.00. The molecule has 0 radical (unpaired) electrons. The van der Waals surface area contributed by atoms with Crippen molar-refractivity contribution >= 4 is 6.03 Å². The molecule has 2 amide bonds. The Bertz CT molecular complexity index is 126. The van der Waals surface area contributed by atoms with Crippen molar-refractivity contribution in [2.24, 2.45) is 0 Å². The van der Waals surface area contributed by atoms with Gasteiger partial charge in [0.05, 0.1) is 6.04 Å². The summed E-state index contributed by atoms with van der Waals surface area (Å²) in [4.78, 5) is 10.4. The molecule has 2 unspecified atom stereocenters. The van der Waals surface area contributed by atoms with Crippen molar-refractivity contribution in [2.45, 2.75) is 25.6 Å². The van der Waals surface area contributed by atoms with E-state index in [9.17, 15) is 4.79 Å². The Morgan fingerprint density at radius 2 is 2.33 bits per heavy atom. The number of carbonyl (C=O) groups excluding carboxylic acids is 1. The predicted octanol–water partition coefficient (Wildman–Crippen LogP) is -0.604. The third kappa shape index (κ3) is 1.13. The molecule has 1 rings (SSSR count). The lowest BCUT2D eigenvalue weighted by Gasteiger charge is -2.08. The fourth-order valence-electron chi connectivity index (χ4n) is 0.849. The lowest BCUT2D eigenvalue weighted by molar-refractivity contribution is 0.138. The van der Waals surface area contributed by atoms with E-state index in [0.29, 0.717) is 0 Å². The molecule has 0 aliphatic carbocycles. The molecular formula is C5H10N2O2. The molecule has 0 spiro atoms. The number of carbonyl (C=O) groups is 1. The first-order chi connectivity index (χ1) is 4.24. The first kappa shape index (κ1) is 6.35. The van der Waals surface area contributed by atoms with E-state index < -0.39 is 6.23 Å². The van der Waals surface area contributed by atoms with E-state index in [0.717, 1.165) is 6.42 Å². The van der Waals surface area contributed by atoms with Crippen molar-refractivity contribution in [1.82, 2.24) is 10.6 Å². The zero-order valence-electron chi connectivity index (χ0n) is 5.22. The molecule has 0 aromatic rings. The Morgan fingerprint density at radius 3 is 2.56 bits per heavy atom. The Kier molecular flexibility index (Phi) is 1.57. The van der Waals surface area contributed by atoms with Crippen LogP contribution in [-0.2, 0) is 0 Å². The SMILES string of the molecule is CCC1NC(=O)NC1O. The lowest BCUT2D eigenvalue weighted by atomic mass is 10.2. The Hall–Kier alpha value is -0.770. The zero-order valence-corrected chi connectivity index (χ0v) is 5.22. The van der Waals surface area contributed by atoms with Gasteiger partial charge in [-0.15, -0.1) is 0 Å². The number of aliphatic hydroxyl groups is 1. The summed E-state index contributed by atoms with van der Waals surface area (Å²) in [6.07, 6.45) is 0.0439. The van der Waals surface area contributed by atoms with Crippen molar-refractivity contribution in [3.8, 4) is 0 Å². The molecule has 0 saturated carbocycles. The Morgan fingerprint density at radius 1 is 1.67 bits per heavy atom. The van der Waals surface area contributed by atoms with Crippen molar-refractivity contribution in [3.05, 3.63) is 0 Å². The summed E-state index contributed by atoms with van der Waals surface area (Å²) in [5.41, 5.74) is 0. The van der Waals surface area contributed by atoms with Gasteiger partial charge in [-0.25, -0.2) is 4.79 Å². The largest absolute Gasteiger partial charge is 0.371 e. The average Bonchev–Trinajstić information content (AvgIpc) is 2.10. The highest BCUT2D eigenvalue weighted by molar-refractivity contribution is 5.76. The van der Waals surface area contributed by atoms with Crippen LogP contribution in [0.15, 0.2) is 0 Å². The van der Waals surface area contributed by atoms with Gasteiger partial charge in [0.25, 0.3) is 0 Å². The summed E-state index contributed by atoms with van der Waals surface area (Å²) in [7, 11) is 0. The minimum atomic E-state index is -0.706. The monoisotopic (exact) mass is 130 g/mol. The fourth-order valence-corrected chi connectivity index (χ4v) is 0.849. The molecule has 0 bridgehead atoms. The van der Waals surface area contributed by atoms with Crippen LogP contribution in [-0.4, -0.2) is 23.4 Å². The maximum atomic E-state index is 10.4. The van der Waals surface area contributed by atoms with Crippen LogP contribution in [0.4, 0.5) is 4.79 Å². The summed E-state index contributed by atoms with van der Waals surface area (Å²) >= 11 is 0. The maximum Gasteiger partial charge on any atom is 0.317 e. The third-order valence-electron chi connectivity index (χ3n) is 1.42. The fraction of sp³-hybridized carbons (Fsp3) is 0.800. The molecule has 1 aliphatic heterocycles. The second-order valence-electron chi connectivity index (χ2n) is 2.08. The average molecular weight is 130 g/mol. The van der Waals surface area contributed by atoms with Crippen molar-refractivity contribution in [1.29, 1.82) is 0 Å². The number of urea groups is 1. The van der Waals surface area contributed by atoms with Gasteiger partial charge in [-0.2, -0.15) is 0 Å². The molecule has 9 heavy (non-hydrogen) atoms. The van der Waals surface area contributed by atoms with Crippen LogP contribution in [0.5, 0.6) is 0 Å². The normalized spacial score (nSPS) is 33.8. The molecule has 4 nitrogen and oxygen atoms in total. The summed E-state index contributed by atoms with van der Waals surface area (Å²) in [5.74, 6) is 0. The van der Waals surface area contributed by atoms with E-state index in [4.69, 9.17) is 5.11 Å². The topological polar surface area (TPSA) is 61.4 Å². The first-order valence-corrected chi connectivity index (χ1v) is 2.99. The number of aliphatic hydroxyl groups excluding tert-OH is 1. The molecule has 52 valence electrons. The van der Waals surface area contributed by atoms with Gasteiger partial charge in [-0.1, -0.05) is 6.92 Å². The van der Waals surface area contributed by atoms with Crippen LogP contribution in [0, 0.1) is 0 Å². The number of hydrogen-bond acceptors (Lipinski definition) is 2. The molecule has 1 fully saturated rings. The molecule has 1 aliphatic rings. The predicted molar refractivity (Wildman–Crippen MR) is 31.8 cm³/mol. The van der Waals surface area contributed by atoms with Gasteiger partial charge >= 0.3 is 6.03 Å². The smallest absolute Gasteiger partial charge is 0.317 e. The van der Waals surface area contributed by atoms with E-state index in [-0.39, 0.29) is 12.1 Å². The van der Waals surface area contributed by atoms with Gasteiger partial charge in [-0.05, 0) is 6.42 Å². The van der Waals surface area contributed by atoms with Gasteiger partial charge in [0.1, 0.15) is 6.23 Å². The van der Waals surface area contributed by atoms with Crippen LogP contribution >= 0.6 is 0 Å². The number of rotatable bonds is 1. The van der Waals surface area contributed by atoms with Gasteiger partial charge in [0, 0.05) is 0 Å². The highest BCUT2D eigenvalue weighted by atomic mass is 16.3. The van der Waals surface area contributed by atoms with E-state index in [2.05, 4.69) is 10.6 Å². The lowest BCUT2D eigenvalue weighted by Crippen LogP contribution is -2.32. The minimum Gasteiger partial charge on any atom is -0.371 e. The molecule has 3 N–H and O–H groups in total. The number of amides is 2. The Labute approximate surface area is 53.2 Å². The maximum absolute atomic E-state index is 10.4. The summed E-state index contributed by atoms with van der Waals surface area (Å²) < 4.78 is 0. The number of nitrogens with one attached hydrogen (secondary N) is 2. The van der Waals surface area contributed by atoms with Crippen LogP contribution in [0.3, 0.4) is 0 Å². The minimum absolute atomic E-state index is 0.113. The zero-order chi connectivity index (χ0) is 6.85. The molecule has 1 saturated heterocycles. The van der Waals surface area contributed by atoms with Crippen molar-refractivity contribution in [3.63, 3.8) is 0 Å². The van der Waals surface area contributed by atoms with Crippen LogP contribution in [0.25, 0.3) is 0 Å². The first-order valence-electron chi connectivity index (χ1n) is 2.99. The van der Waals surface area contributed by atoms with Crippen molar-refractivity contribution < 1.29 is 9.90 Å². The van der Waals surface area contributed by atoms with Crippen molar-refractivity contribution in [2.75, 3.05) is 0 Å². The molecule has 0 aromatic carbocycles. The highest BCUT2D eigenvalue weighted by Gasteiger charge is 2.27. The van der Waals surface area contributed by atoms with Gasteiger partial charge in [0.15, 0.2) is 0 Å². The molecular weight excluding hydrogens is 120 g/mol. The van der Waals surface area contributed by atoms with Gasteiger partial charge in [-0.3, -0.25) is 0 Å². The Balaban J connectivity index is 2.47. The molecule has 4 heteroatoms. The van der Waals surface area contributed by atoms with E-state index in [1.807, 2.05) is 6.92 Å². The third-order valence-corrected chi connectivity index (χ3v) is 1.42. The van der Waals surface area contributed by atoms with Crippen LogP contribution in [0.2, 0.25) is 0 Å². The summed E-state index contributed by atoms with van der Waals surface area (Å²) in [5, 5.41) is 13.8. The van der Waals surface area contributed by atoms with Crippen LogP contribution < -0.4 is 10.6 Å². The summed E-state index contributed by atoms with van der Waals surface area (Å²) in [6, 6.07) is -0.396. The van der Waals surface area contributed by atoms with Gasteiger partial charge in [0.2, 0.25) is 0 Å². The second-order valence-corrected chi connectivity index (χ2v) is 2.08.